The van der Waals surface area contributed by atoms with Crippen LogP contribution in [0.4, 0.5) is 0 Å². The average Bonchev–Trinajstić information content (AvgIpc) is 2.80. The molecule has 1 fully saturated rings. The van der Waals surface area contributed by atoms with Gasteiger partial charge in [-0.25, -0.2) is 0 Å². The van der Waals surface area contributed by atoms with Crippen LogP contribution in [0.1, 0.15) is 30.4 Å². The second-order valence-corrected chi connectivity index (χ2v) is 8.15. The standard InChI is InChI=1S/C25H34N4O2/c30-24(26-14-17-28-15-8-3-9-16-28)18-27-25(31)21-29(19-22-10-4-1-5-11-22)20-23-12-6-2-7-13-23/h1-2,4-7,10-13H,3,8-9,14-21H2,(H,26,30)(H,27,31). The molecule has 2 N–H and O–H groups in total. The fourth-order valence-electron chi connectivity index (χ4n) is 3.89. The molecule has 1 saturated heterocycles. The van der Waals surface area contributed by atoms with Gasteiger partial charge in [0.1, 0.15) is 0 Å². The molecule has 1 aliphatic rings. The summed E-state index contributed by atoms with van der Waals surface area (Å²) in [4.78, 5) is 29.1. The normalized spacial score (nSPS) is 14.4. The molecule has 6 heteroatoms. The van der Waals surface area contributed by atoms with E-state index >= 15 is 0 Å². The van der Waals surface area contributed by atoms with Crippen molar-refractivity contribution in [3.63, 3.8) is 0 Å². The Kier molecular flexibility index (Phi) is 9.54. The van der Waals surface area contributed by atoms with E-state index in [1.807, 2.05) is 36.4 Å². The minimum atomic E-state index is -0.141. The van der Waals surface area contributed by atoms with E-state index in [9.17, 15) is 9.59 Å². The Labute approximate surface area is 185 Å². The van der Waals surface area contributed by atoms with Gasteiger partial charge in [0, 0.05) is 26.2 Å². The van der Waals surface area contributed by atoms with Gasteiger partial charge >= 0.3 is 0 Å². The summed E-state index contributed by atoms with van der Waals surface area (Å²) < 4.78 is 0. The summed E-state index contributed by atoms with van der Waals surface area (Å²) in [6.45, 7) is 5.34. The van der Waals surface area contributed by atoms with E-state index in [-0.39, 0.29) is 24.9 Å². The van der Waals surface area contributed by atoms with Gasteiger partial charge in [0.05, 0.1) is 13.1 Å². The second kappa shape index (κ2) is 12.9. The third-order valence-electron chi connectivity index (χ3n) is 5.51. The molecular weight excluding hydrogens is 388 g/mol. The van der Waals surface area contributed by atoms with Crippen LogP contribution in [0.3, 0.4) is 0 Å². The molecule has 0 saturated carbocycles. The highest BCUT2D eigenvalue weighted by Gasteiger charge is 2.14. The van der Waals surface area contributed by atoms with E-state index in [4.69, 9.17) is 0 Å². The van der Waals surface area contributed by atoms with Gasteiger partial charge in [-0.05, 0) is 37.1 Å². The van der Waals surface area contributed by atoms with E-state index < -0.39 is 0 Å². The van der Waals surface area contributed by atoms with Gasteiger partial charge in [0.15, 0.2) is 0 Å². The number of nitrogens with one attached hydrogen (secondary N) is 2. The lowest BCUT2D eigenvalue weighted by Gasteiger charge is -2.26. The van der Waals surface area contributed by atoms with Crippen LogP contribution in [0.25, 0.3) is 0 Å². The van der Waals surface area contributed by atoms with E-state index in [1.54, 1.807) is 0 Å². The molecule has 0 aliphatic carbocycles. The van der Waals surface area contributed by atoms with Gasteiger partial charge in [0.25, 0.3) is 0 Å². The highest BCUT2D eigenvalue weighted by atomic mass is 16.2. The minimum Gasteiger partial charge on any atom is -0.353 e. The smallest absolute Gasteiger partial charge is 0.239 e. The van der Waals surface area contributed by atoms with Crippen molar-refractivity contribution in [1.29, 1.82) is 0 Å². The van der Waals surface area contributed by atoms with Crippen molar-refractivity contribution in [1.82, 2.24) is 20.4 Å². The Morgan fingerprint density at radius 3 is 1.94 bits per heavy atom. The summed E-state index contributed by atoms with van der Waals surface area (Å²) in [7, 11) is 0. The predicted molar refractivity (Wildman–Crippen MR) is 123 cm³/mol. The van der Waals surface area contributed by atoms with Crippen LogP contribution in [-0.2, 0) is 22.7 Å². The van der Waals surface area contributed by atoms with E-state index in [2.05, 4.69) is 44.7 Å². The molecule has 31 heavy (non-hydrogen) atoms. The molecular formula is C25H34N4O2. The van der Waals surface area contributed by atoms with Gasteiger partial charge in [-0.15, -0.1) is 0 Å². The maximum absolute atomic E-state index is 12.5. The molecule has 0 spiro atoms. The Morgan fingerprint density at radius 1 is 0.774 bits per heavy atom. The number of piperidine rings is 1. The molecule has 6 nitrogen and oxygen atoms in total. The number of hydrogen-bond donors (Lipinski definition) is 2. The van der Waals surface area contributed by atoms with Gasteiger partial charge in [-0.3, -0.25) is 14.5 Å². The summed E-state index contributed by atoms with van der Waals surface area (Å²) in [5.41, 5.74) is 2.31. The van der Waals surface area contributed by atoms with Gasteiger partial charge < -0.3 is 15.5 Å². The van der Waals surface area contributed by atoms with Crippen molar-refractivity contribution < 1.29 is 9.59 Å². The van der Waals surface area contributed by atoms with Crippen molar-refractivity contribution in [2.75, 3.05) is 39.3 Å². The molecule has 1 aliphatic heterocycles. The van der Waals surface area contributed by atoms with Gasteiger partial charge in [-0.1, -0.05) is 67.1 Å². The minimum absolute atomic E-state index is 0.0172. The van der Waals surface area contributed by atoms with Crippen LogP contribution < -0.4 is 10.6 Å². The van der Waals surface area contributed by atoms with Gasteiger partial charge in [0.2, 0.25) is 11.8 Å². The van der Waals surface area contributed by atoms with E-state index in [0.29, 0.717) is 19.6 Å². The van der Waals surface area contributed by atoms with Crippen molar-refractivity contribution in [3.8, 4) is 0 Å². The van der Waals surface area contributed by atoms with Gasteiger partial charge in [-0.2, -0.15) is 0 Å². The number of rotatable bonds is 11. The topological polar surface area (TPSA) is 64.7 Å². The molecule has 0 bridgehead atoms. The zero-order valence-corrected chi connectivity index (χ0v) is 18.3. The van der Waals surface area contributed by atoms with E-state index in [0.717, 1.165) is 30.8 Å². The Morgan fingerprint density at radius 2 is 1.35 bits per heavy atom. The van der Waals surface area contributed by atoms with Crippen molar-refractivity contribution in [2.24, 2.45) is 0 Å². The zero-order valence-electron chi connectivity index (χ0n) is 18.3. The summed E-state index contributed by atoms with van der Waals surface area (Å²) in [6, 6.07) is 20.2. The Balaban J connectivity index is 1.42. The number of hydrogen-bond acceptors (Lipinski definition) is 4. The fourth-order valence-corrected chi connectivity index (χ4v) is 3.89. The van der Waals surface area contributed by atoms with Crippen LogP contribution in [-0.4, -0.2) is 60.9 Å². The molecule has 3 rings (SSSR count). The van der Waals surface area contributed by atoms with E-state index in [1.165, 1.54) is 19.3 Å². The average molecular weight is 423 g/mol. The van der Waals surface area contributed by atoms with Crippen molar-refractivity contribution >= 4 is 11.8 Å². The highest BCUT2D eigenvalue weighted by molar-refractivity contribution is 5.85. The molecule has 0 atom stereocenters. The number of benzene rings is 2. The maximum Gasteiger partial charge on any atom is 0.239 e. The lowest BCUT2D eigenvalue weighted by molar-refractivity contribution is -0.127. The summed E-state index contributed by atoms with van der Waals surface area (Å²) in [6.07, 6.45) is 3.79. The number of amides is 2. The number of likely N-dealkylation sites (tertiary alicyclic amines) is 1. The summed E-state index contributed by atoms with van der Waals surface area (Å²) in [5.74, 6) is -0.277. The first-order valence-electron chi connectivity index (χ1n) is 11.2. The first kappa shape index (κ1) is 23.0. The zero-order chi connectivity index (χ0) is 21.7. The first-order valence-corrected chi connectivity index (χ1v) is 11.2. The van der Waals surface area contributed by atoms with Crippen LogP contribution in [0.2, 0.25) is 0 Å². The molecule has 2 aromatic carbocycles. The lowest BCUT2D eigenvalue weighted by atomic mass is 10.1. The highest BCUT2D eigenvalue weighted by Crippen LogP contribution is 2.10. The molecule has 0 unspecified atom stereocenters. The van der Waals surface area contributed by atoms with Crippen LogP contribution in [0.5, 0.6) is 0 Å². The SMILES string of the molecule is O=C(CNC(=O)CN(Cc1ccccc1)Cc1ccccc1)NCCN1CCCCC1. The van der Waals surface area contributed by atoms with Crippen LogP contribution >= 0.6 is 0 Å². The number of nitrogens with zero attached hydrogens (tertiary/aromatic N) is 2. The Hall–Kier alpha value is -2.70. The Bertz CT molecular complexity index is 750. The summed E-state index contributed by atoms with van der Waals surface area (Å²) >= 11 is 0. The molecule has 0 radical (unpaired) electrons. The first-order chi connectivity index (χ1) is 15.2. The molecule has 166 valence electrons. The molecule has 2 amide bonds. The van der Waals surface area contributed by atoms with Crippen molar-refractivity contribution in [3.05, 3.63) is 71.8 Å². The van der Waals surface area contributed by atoms with Crippen LogP contribution in [0.15, 0.2) is 60.7 Å². The third kappa shape index (κ3) is 8.90. The van der Waals surface area contributed by atoms with Crippen molar-refractivity contribution in [2.45, 2.75) is 32.4 Å². The monoisotopic (exact) mass is 422 g/mol. The lowest BCUT2D eigenvalue weighted by Crippen LogP contribution is -2.43. The number of carbonyl (C=O) groups excluding carboxylic acids is 2. The second-order valence-electron chi connectivity index (χ2n) is 8.15. The molecule has 0 aromatic heterocycles. The fraction of sp³-hybridized carbons (Fsp3) is 0.440. The molecule has 1 heterocycles. The predicted octanol–water partition coefficient (Wildman–Crippen LogP) is 2.41. The molecule has 2 aromatic rings. The number of carbonyl (C=O) groups is 2. The third-order valence-corrected chi connectivity index (χ3v) is 5.51. The maximum atomic E-state index is 12.5. The van der Waals surface area contributed by atoms with Crippen LogP contribution in [0, 0.1) is 0 Å². The largest absolute Gasteiger partial charge is 0.353 e. The quantitative estimate of drug-likeness (QED) is 0.584. The summed E-state index contributed by atoms with van der Waals surface area (Å²) in [5, 5.41) is 5.68.